The fraction of sp³-hybridized carbons (Fsp3) is 0.364. The minimum atomic E-state index is -3.67. The summed E-state index contributed by atoms with van der Waals surface area (Å²) in [6.45, 7) is 0.960. The van der Waals surface area contributed by atoms with Crippen LogP contribution in [0.15, 0.2) is 53.4 Å². The zero-order chi connectivity index (χ0) is 23.1. The van der Waals surface area contributed by atoms with Crippen LogP contribution in [0.3, 0.4) is 0 Å². The summed E-state index contributed by atoms with van der Waals surface area (Å²) in [5.41, 5.74) is 6.23. The minimum Gasteiger partial charge on any atom is -0.495 e. The van der Waals surface area contributed by atoms with E-state index in [1.165, 1.54) is 29.6 Å². The van der Waals surface area contributed by atoms with Crippen LogP contribution in [0.5, 0.6) is 5.75 Å². The third-order valence-electron chi connectivity index (χ3n) is 5.31. The van der Waals surface area contributed by atoms with Crippen LogP contribution >= 0.6 is 0 Å². The molecule has 1 heterocycles. The fourth-order valence-corrected chi connectivity index (χ4v) is 5.24. The lowest BCUT2D eigenvalue weighted by molar-refractivity contribution is -0.116. The molecule has 2 aromatic carbocycles. The molecule has 4 N–H and O–H groups in total. The molecule has 3 rings (SSSR count). The molecule has 10 heteroatoms. The number of rotatable bonds is 8. The quantitative estimate of drug-likeness (QED) is 0.557. The largest absolute Gasteiger partial charge is 0.495 e. The molecule has 0 aliphatic carbocycles. The third-order valence-corrected chi connectivity index (χ3v) is 7.20. The molecule has 1 aliphatic heterocycles. The highest BCUT2D eigenvalue weighted by Crippen LogP contribution is 2.30. The number of benzene rings is 2. The molecule has 0 saturated carbocycles. The molecule has 3 amide bonds. The standard InChI is InChI=1S/C22H28N4O5S/c1-31-20-11-10-17(32(29,30)26-12-6-3-7-13-26)14-19(20)24-21(27)15-18(25-22(23)28)16-8-4-2-5-9-16/h2,4-5,8-11,14,18H,3,6-7,12-13,15H2,1H3,(H,24,27)(H3,23,25,28)/t18-/m1/s1. The number of nitrogens with one attached hydrogen (secondary N) is 2. The summed E-state index contributed by atoms with van der Waals surface area (Å²) in [6.07, 6.45) is 2.57. The van der Waals surface area contributed by atoms with E-state index >= 15 is 0 Å². The highest BCUT2D eigenvalue weighted by atomic mass is 32.2. The predicted octanol–water partition coefficient (Wildman–Crippen LogP) is 2.61. The van der Waals surface area contributed by atoms with Crippen molar-refractivity contribution in [2.24, 2.45) is 5.73 Å². The van der Waals surface area contributed by atoms with Gasteiger partial charge < -0.3 is 21.1 Å². The average molecular weight is 461 g/mol. The maximum Gasteiger partial charge on any atom is 0.312 e. The molecular formula is C22H28N4O5S. The Morgan fingerprint density at radius 3 is 2.41 bits per heavy atom. The van der Waals surface area contributed by atoms with Crippen LogP contribution in [-0.4, -0.2) is 44.9 Å². The number of methoxy groups -OCH3 is 1. The summed E-state index contributed by atoms with van der Waals surface area (Å²) in [7, 11) is -2.24. The maximum atomic E-state index is 13.0. The molecule has 1 fully saturated rings. The number of amides is 3. The van der Waals surface area contributed by atoms with Crippen LogP contribution in [0.2, 0.25) is 0 Å². The van der Waals surface area contributed by atoms with Crippen LogP contribution in [0, 0.1) is 0 Å². The molecule has 172 valence electrons. The first-order valence-electron chi connectivity index (χ1n) is 10.4. The molecule has 0 aromatic heterocycles. The molecule has 0 bridgehead atoms. The Hall–Kier alpha value is -3.11. The Kier molecular flexibility index (Phi) is 7.70. The van der Waals surface area contributed by atoms with E-state index < -0.39 is 28.0 Å². The monoisotopic (exact) mass is 460 g/mol. The molecule has 1 atom stereocenters. The summed E-state index contributed by atoms with van der Waals surface area (Å²) in [4.78, 5) is 24.3. The van der Waals surface area contributed by atoms with Gasteiger partial charge in [0.1, 0.15) is 5.75 Å². The summed E-state index contributed by atoms with van der Waals surface area (Å²) in [6, 6.07) is 12.0. The van der Waals surface area contributed by atoms with Crippen molar-refractivity contribution in [2.45, 2.75) is 36.6 Å². The maximum absolute atomic E-state index is 13.0. The Morgan fingerprint density at radius 2 is 1.78 bits per heavy atom. The number of anilines is 1. The molecule has 1 aliphatic rings. The van der Waals surface area contributed by atoms with Crippen LogP contribution in [0.1, 0.15) is 37.3 Å². The van der Waals surface area contributed by atoms with Gasteiger partial charge in [0.15, 0.2) is 0 Å². The fourth-order valence-electron chi connectivity index (χ4n) is 3.70. The van der Waals surface area contributed by atoms with Gasteiger partial charge in [0.2, 0.25) is 15.9 Å². The van der Waals surface area contributed by atoms with E-state index in [0.29, 0.717) is 18.8 Å². The number of primary amides is 1. The van der Waals surface area contributed by atoms with Crippen molar-refractivity contribution in [1.82, 2.24) is 9.62 Å². The van der Waals surface area contributed by atoms with Gasteiger partial charge in [-0.25, -0.2) is 13.2 Å². The van der Waals surface area contributed by atoms with Crippen LogP contribution in [0.25, 0.3) is 0 Å². The van der Waals surface area contributed by atoms with E-state index in [1.807, 2.05) is 6.07 Å². The van der Waals surface area contributed by atoms with Crippen molar-refractivity contribution < 1.29 is 22.7 Å². The molecule has 2 aromatic rings. The molecule has 0 unspecified atom stereocenters. The Balaban J connectivity index is 1.81. The van der Waals surface area contributed by atoms with E-state index in [1.54, 1.807) is 24.3 Å². The number of piperidine rings is 1. The van der Waals surface area contributed by atoms with E-state index in [0.717, 1.165) is 24.8 Å². The van der Waals surface area contributed by atoms with Crippen LogP contribution < -0.4 is 21.1 Å². The molecule has 0 radical (unpaired) electrons. The second-order valence-electron chi connectivity index (χ2n) is 7.55. The number of carbonyl (C=O) groups is 2. The van der Waals surface area contributed by atoms with Crippen LogP contribution in [0.4, 0.5) is 10.5 Å². The Bertz CT molecular complexity index is 1050. The summed E-state index contributed by atoms with van der Waals surface area (Å²) in [5, 5.41) is 5.28. The Morgan fingerprint density at radius 1 is 1.09 bits per heavy atom. The van der Waals surface area contributed by atoms with Gasteiger partial charge in [0.25, 0.3) is 0 Å². The van der Waals surface area contributed by atoms with Crippen molar-refractivity contribution in [3.63, 3.8) is 0 Å². The van der Waals surface area contributed by atoms with E-state index in [-0.39, 0.29) is 17.0 Å². The first kappa shape index (κ1) is 23.6. The minimum absolute atomic E-state index is 0.0883. The van der Waals surface area contributed by atoms with Crippen LogP contribution in [-0.2, 0) is 14.8 Å². The zero-order valence-electron chi connectivity index (χ0n) is 17.9. The number of urea groups is 1. The lowest BCUT2D eigenvalue weighted by Gasteiger charge is -2.26. The number of carbonyl (C=O) groups excluding carboxylic acids is 2. The lowest BCUT2D eigenvalue weighted by Crippen LogP contribution is -2.36. The highest BCUT2D eigenvalue weighted by molar-refractivity contribution is 7.89. The molecule has 1 saturated heterocycles. The van der Waals surface area contributed by atoms with Gasteiger partial charge in [0, 0.05) is 13.1 Å². The molecule has 0 spiro atoms. The van der Waals surface area contributed by atoms with Gasteiger partial charge in [-0.15, -0.1) is 0 Å². The van der Waals surface area contributed by atoms with Crippen molar-refractivity contribution in [2.75, 3.05) is 25.5 Å². The van der Waals surface area contributed by atoms with Crippen molar-refractivity contribution in [3.05, 3.63) is 54.1 Å². The summed E-state index contributed by atoms with van der Waals surface area (Å²) < 4.78 is 32.8. The van der Waals surface area contributed by atoms with Gasteiger partial charge in [-0.2, -0.15) is 4.31 Å². The molecule has 32 heavy (non-hydrogen) atoms. The first-order valence-corrected chi connectivity index (χ1v) is 11.8. The van der Waals surface area contributed by atoms with Crippen molar-refractivity contribution in [3.8, 4) is 5.75 Å². The van der Waals surface area contributed by atoms with Gasteiger partial charge in [-0.3, -0.25) is 4.79 Å². The Labute approximate surface area is 188 Å². The average Bonchev–Trinajstić information content (AvgIpc) is 2.79. The molecular weight excluding hydrogens is 432 g/mol. The van der Waals surface area contributed by atoms with E-state index in [9.17, 15) is 18.0 Å². The number of hydrogen-bond donors (Lipinski definition) is 3. The number of sulfonamides is 1. The SMILES string of the molecule is COc1ccc(S(=O)(=O)N2CCCCC2)cc1NC(=O)C[C@@H](NC(N)=O)c1ccccc1. The number of ether oxygens (including phenoxy) is 1. The smallest absolute Gasteiger partial charge is 0.312 e. The second kappa shape index (κ2) is 10.5. The summed E-state index contributed by atoms with van der Waals surface area (Å²) in [5.74, 6) is -0.103. The second-order valence-corrected chi connectivity index (χ2v) is 9.49. The normalized spacial score (nSPS) is 15.5. The van der Waals surface area contributed by atoms with Gasteiger partial charge in [-0.05, 0) is 36.6 Å². The third kappa shape index (κ3) is 5.77. The first-order chi connectivity index (χ1) is 15.3. The van der Waals surface area contributed by atoms with E-state index in [4.69, 9.17) is 10.5 Å². The lowest BCUT2D eigenvalue weighted by atomic mass is 10.0. The topological polar surface area (TPSA) is 131 Å². The predicted molar refractivity (Wildman–Crippen MR) is 121 cm³/mol. The number of hydrogen-bond acceptors (Lipinski definition) is 5. The highest BCUT2D eigenvalue weighted by Gasteiger charge is 2.27. The molecule has 9 nitrogen and oxygen atoms in total. The van der Waals surface area contributed by atoms with Gasteiger partial charge >= 0.3 is 6.03 Å². The summed E-state index contributed by atoms with van der Waals surface area (Å²) >= 11 is 0. The van der Waals surface area contributed by atoms with Crippen molar-refractivity contribution >= 4 is 27.6 Å². The number of nitrogens with two attached hydrogens (primary N) is 1. The van der Waals surface area contributed by atoms with E-state index in [2.05, 4.69) is 10.6 Å². The van der Waals surface area contributed by atoms with Gasteiger partial charge in [0.05, 0.1) is 30.2 Å². The van der Waals surface area contributed by atoms with Gasteiger partial charge in [-0.1, -0.05) is 36.8 Å². The number of nitrogens with zero attached hydrogens (tertiary/aromatic N) is 1. The zero-order valence-corrected chi connectivity index (χ0v) is 18.7. The van der Waals surface area contributed by atoms with Crippen molar-refractivity contribution in [1.29, 1.82) is 0 Å².